The molecule has 0 aliphatic carbocycles. The Balaban J connectivity index is 1.87. The van der Waals surface area contributed by atoms with E-state index in [0.717, 1.165) is 36.3 Å². The van der Waals surface area contributed by atoms with Crippen molar-refractivity contribution in [1.82, 2.24) is 4.90 Å². The second kappa shape index (κ2) is 5.51. The number of hydrogen-bond donors (Lipinski definition) is 0. The van der Waals surface area contributed by atoms with Crippen molar-refractivity contribution in [2.45, 2.75) is 12.5 Å². The molecule has 0 amide bonds. The van der Waals surface area contributed by atoms with Gasteiger partial charge >= 0.3 is 0 Å². The van der Waals surface area contributed by atoms with Crippen LogP contribution in [0.15, 0.2) is 41.4 Å². The van der Waals surface area contributed by atoms with Crippen molar-refractivity contribution in [3.8, 4) is 5.75 Å². The van der Waals surface area contributed by atoms with Gasteiger partial charge in [0, 0.05) is 24.1 Å². The minimum absolute atomic E-state index is 0.320. The van der Waals surface area contributed by atoms with Crippen molar-refractivity contribution in [2.24, 2.45) is 0 Å². The van der Waals surface area contributed by atoms with Crippen LogP contribution in [0.3, 0.4) is 0 Å². The molecule has 0 N–H and O–H groups in total. The van der Waals surface area contributed by atoms with Gasteiger partial charge in [-0.05, 0) is 30.7 Å². The van der Waals surface area contributed by atoms with Crippen LogP contribution in [-0.2, 0) is 0 Å². The highest BCUT2D eigenvalue weighted by Gasteiger charge is 2.22. The van der Waals surface area contributed by atoms with Crippen LogP contribution in [0.5, 0.6) is 5.75 Å². The van der Waals surface area contributed by atoms with Crippen LogP contribution in [0.4, 0.5) is 0 Å². The first-order valence-electron chi connectivity index (χ1n) is 5.53. The summed E-state index contributed by atoms with van der Waals surface area (Å²) in [5, 5.41) is 0. The lowest BCUT2D eigenvalue weighted by atomic mass is 10.3. The molecule has 1 aromatic carbocycles. The molecule has 1 saturated heterocycles. The third-order valence-corrected chi connectivity index (χ3v) is 3.26. The first kappa shape index (κ1) is 11.7. The molecule has 1 unspecified atom stereocenters. The monoisotopic (exact) mass is 281 g/mol. The van der Waals surface area contributed by atoms with E-state index in [1.54, 1.807) is 0 Å². The first-order valence-corrected chi connectivity index (χ1v) is 6.32. The van der Waals surface area contributed by atoms with E-state index in [4.69, 9.17) is 4.74 Å². The Hall–Kier alpha value is -0.800. The SMILES string of the molecule is C=CCN1CCC(Oc2ccc(Br)cc2)C1. The number of nitrogens with zero attached hydrogens (tertiary/aromatic N) is 1. The van der Waals surface area contributed by atoms with Crippen LogP contribution in [0.25, 0.3) is 0 Å². The van der Waals surface area contributed by atoms with Gasteiger partial charge in [-0.2, -0.15) is 0 Å². The first-order chi connectivity index (χ1) is 7.78. The van der Waals surface area contributed by atoms with Crippen molar-refractivity contribution in [3.63, 3.8) is 0 Å². The van der Waals surface area contributed by atoms with Crippen LogP contribution in [0.1, 0.15) is 6.42 Å². The fraction of sp³-hybridized carbons (Fsp3) is 0.385. The highest BCUT2D eigenvalue weighted by molar-refractivity contribution is 9.10. The second-order valence-corrected chi connectivity index (χ2v) is 4.95. The van der Waals surface area contributed by atoms with Crippen LogP contribution < -0.4 is 4.74 Å². The molecule has 1 aliphatic rings. The van der Waals surface area contributed by atoms with Crippen molar-refractivity contribution < 1.29 is 4.74 Å². The lowest BCUT2D eigenvalue weighted by molar-refractivity contribution is 0.204. The normalized spacial score (nSPS) is 20.9. The summed E-state index contributed by atoms with van der Waals surface area (Å²) in [7, 11) is 0. The topological polar surface area (TPSA) is 12.5 Å². The molecule has 16 heavy (non-hydrogen) atoms. The van der Waals surface area contributed by atoms with E-state index in [-0.39, 0.29) is 0 Å². The molecule has 2 rings (SSSR count). The molecule has 1 heterocycles. The Bertz CT molecular complexity index is 349. The molecule has 1 fully saturated rings. The molecule has 1 aliphatic heterocycles. The predicted octanol–water partition coefficient (Wildman–Crippen LogP) is 3.09. The summed E-state index contributed by atoms with van der Waals surface area (Å²) in [6, 6.07) is 8.01. The zero-order valence-electron chi connectivity index (χ0n) is 9.23. The van der Waals surface area contributed by atoms with Crippen molar-refractivity contribution in [3.05, 3.63) is 41.4 Å². The number of ether oxygens (including phenoxy) is 1. The Morgan fingerprint density at radius 1 is 1.44 bits per heavy atom. The third kappa shape index (κ3) is 3.09. The Kier molecular flexibility index (Phi) is 4.02. The minimum atomic E-state index is 0.320. The van der Waals surface area contributed by atoms with Crippen LogP contribution in [0, 0.1) is 0 Å². The van der Waals surface area contributed by atoms with Crippen molar-refractivity contribution in [1.29, 1.82) is 0 Å². The fourth-order valence-corrected chi connectivity index (χ4v) is 2.21. The smallest absolute Gasteiger partial charge is 0.119 e. The highest BCUT2D eigenvalue weighted by atomic mass is 79.9. The summed E-state index contributed by atoms with van der Waals surface area (Å²) >= 11 is 3.41. The maximum Gasteiger partial charge on any atom is 0.119 e. The van der Waals surface area contributed by atoms with Gasteiger partial charge in [0.25, 0.3) is 0 Å². The van der Waals surface area contributed by atoms with Gasteiger partial charge in [0.1, 0.15) is 11.9 Å². The summed E-state index contributed by atoms with van der Waals surface area (Å²) < 4.78 is 6.99. The van der Waals surface area contributed by atoms with E-state index in [1.807, 2.05) is 30.3 Å². The molecule has 0 aromatic heterocycles. The van der Waals surface area contributed by atoms with Crippen molar-refractivity contribution in [2.75, 3.05) is 19.6 Å². The molecular weight excluding hydrogens is 266 g/mol. The minimum Gasteiger partial charge on any atom is -0.489 e. The van der Waals surface area contributed by atoms with E-state index < -0.39 is 0 Å². The van der Waals surface area contributed by atoms with Gasteiger partial charge in [0.05, 0.1) is 0 Å². The maximum atomic E-state index is 5.91. The van der Waals surface area contributed by atoms with Gasteiger partial charge < -0.3 is 4.74 Å². The summed E-state index contributed by atoms with van der Waals surface area (Å²) in [4.78, 5) is 2.36. The standard InChI is InChI=1S/C13H16BrNO/c1-2-8-15-9-7-13(10-15)16-12-5-3-11(14)4-6-12/h2-6,13H,1,7-10H2. The van der Waals surface area contributed by atoms with E-state index >= 15 is 0 Å². The number of likely N-dealkylation sites (tertiary alicyclic amines) is 1. The van der Waals surface area contributed by atoms with Crippen molar-refractivity contribution >= 4 is 15.9 Å². The van der Waals surface area contributed by atoms with Gasteiger partial charge in [0.2, 0.25) is 0 Å². The van der Waals surface area contributed by atoms with E-state index in [1.165, 1.54) is 0 Å². The Morgan fingerprint density at radius 3 is 2.88 bits per heavy atom. The summed E-state index contributed by atoms with van der Waals surface area (Å²) in [5.74, 6) is 0.952. The number of benzene rings is 1. The van der Waals surface area contributed by atoms with E-state index in [9.17, 15) is 0 Å². The molecule has 0 spiro atoms. The molecule has 1 atom stereocenters. The predicted molar refractivity (Wildman–Crippen MR) is 69.8 cm³/mol. The van der Waals surface area contributed by atoms with Gasteiger partial charge in [-0.1, -0.05) is 22.0 Å². The quantitative estimate of drug-likeness (QED) is 0.787. The zero-order valence-corrected chi connectivity index (χ0v) is 10.8. The van der Waals surface area contributed by atoms with Gasteiger partial charge in [-0.25, -0.2) is 0 Å². The molecule has 86 valence electrons. The molecule has 2 nitrogen and oxygen atoms in total. The summed E-state index contributed by atoms with van der Waals surface area (Å²) in [5.41, 5.74) is 0. The number of halogens is 1. The van der Waals surface area contributed by atoms with Crippen LogP contribution >= 0.6 is 15.9 Å². The average Bonchev–Trinajstić information content (AvgIpc) is 2.70. The summed E-state index contributed by atoms with van der Waals surface area (Å²) in [6.45, 7) is 6.82. The lowest BCUT2D eigenvalue weighted by Gasteiger charge is -2.15. The fourth-order valence-electron chi connectivity index (χ4n) is 1.95. The van der Waals surface area contributed by atoms with Gasteiger partial charge in [0.15, 0.2) is 0 Å². The molecule has 0 radical (unpaired) electrons. The summed E-state index contributed by atoms with van der Waals surface area (Å²) in [6.07, 6.45) is 3.37. The van der Waals surface area contributed by atoms with Gasteiger partial charge in [-0.15, -0.1) is 6.58 Å². The van der Waals surface area contributed by atoms with Crippen LogP contribution in [-0.4, -0.2) is 30.6 Å². The van der Waals surface area contributed by atoms with Crippen LogP contribution in [0.2, 0.25) is 0 Å². The number of rotatable bonds is 4. The molecule has 0 saturated carbocycles. The maximum absolute atomic E-state index is 5.91. The van der Waals surface area contributed by atoms with E-state index in [0.29, 0.717) is 6.10 Å². The molecule has 1 aromatic rings. The molecular formula is C13H16BrNO. The molecule has 0 bridgehead atoms. The second-order valence-electron chi connectivity index (χ2n) is 4.03. The largest absolute Gasteiger partial charge is 0.489 e. The van der Waals surface area contributed by atoms with E-state index in [2.05, 4.69) is 27.4 Å². The lowest BCUT2D eigenvalue weighted by Crippen LogP contribution is -2.24. The Morgan fingerprint density at radius 2 is 2.19 bits per heavy atom. The number of hydrogen-bond acceptors (Lipinski definition) is 2. The zero-order chi connectivity index (χ0) is 11.4. The molecule has 3 heteroatoms. The van der Waals surface area contributed by atoms with Gasteiger partial charge in [-0.3, -0.25) is 4.90 Å². The Labute approximate surface area is 105 Å². The highest BCUT2D eigenvalue weighted by Crippen LogP contribution is 2.20. The average molecular weight is 282 g/mol. The third-order valence-electron chi connectivity index (χ3n) is 2.73.